The molecule has 0 unspecified atom stereocenters. The van der Waals surface area contributed by atoms with Crippen molar-refractivity contribution in [2.75, 3.05) is 0 Å². The number of halogens is 1. The molecule has 1 aromatic heterocycles. The molecule has 0 N–H and O–H groups in total. The molecule has 1 heterocycles. The third-order valence-electron chi connectivity index (χ3n) is 2.22. The molecule has 0 aliphatic carbocycles. The van der Waals surface area contributed by atoms with Gasteiger partial charge >= 0.3 is 0 Å². The van der Waals surface area contributed by atoms with Crippen LogP contribution in [0.25, 0.3) is 0 Å². The van der Waals surface area contributed by atoms with Gasteiger partial charge in [0.1, 0.15) is 0 Å². The van der Waals surface area contributed by atoms with E-state index in [0.717, 1.165) is 20.5 Å². The van der Waals surface area contributed by atoms with Gasteiger partial charge in [0.25, 0.3) is 0 Å². The summed E-state index contributed by atoms with van der Waals surface area (Å²) in [4.78, 5) is 12.1. The Balaban J connectivity index is 2.41. The molecule has 1 nitrogen and oxygen atoms in total. The van der Waals surface area contributed by atoms with E-state index in [1.54, 1.807) is 0 Å². The first-order valence-electron chi connectivity index (χ1n) is 4.53. The second kappa shape index (κ2) is 4.29. The molecule has 0 radical (unpaired) electrons. The SMILES string of the molecule is Cc1ccccc1C(=O)c1csc(Br)c1. The summed E-state index contributed by atoms with van der Waals surface area (Å²) in [5.41, 5.74) is 2.55. The van der Waals surface area contributed by atoms with Crippen LogP contribution in [0.3, 0.4) is 0 Å². The lowest BCUT2D eigenvalue weighted by Crippen LogP contribution is -2.01. The fourth-order valence-electron chi connectivity index (χ4n) is 1.41. The zero-order valence-electron chi connectivity index (χ0n) is 8.16. The van der Waals surface area contributed by atoms with Gasteiger partial charge in [-0.05, 0) is 34.5 Å². The van der Waals surface area contributed by atoms with Gasteiger partial charge in [0, 0.05) is 16.5 Å². The van der Waals surface area contributed by atoms with E-state index in [0.29, 0.717) is 0 Å². The quantitative estimate of drug-likeness (QED) is 0.759. The van der Waals surface area contributed by atoms with Crippen LogP contribution in [0.4, 0.5) is 0 Å². The topological polar surface area (TPSA) is 17.1 Å². The van der Waals surface area contributed by atoms with Crippen LogP contribution in [-0.2, 0) is 0 Å². The minimum atomic E-state index is 0.0926. The summed E-state index contributed by atoms with van der Waals surface area (Å²) in [6, 6.07) is 9.51. The normalized spacial score (nSPS) is 10.3. The molecule has 0 amide bonds. The van der Waals surface area contributed by atoms with Crippen LogP contribution in [0.1, 0.15) is 21.5 Å². The standard InChI is InChI=1S/C12H9BrOS/c1-8-4-2-3-5-10(8)12(14)9-6-11(13)15-7-9/h2-7H,1H3. The Kier molecular flexibility index (Phi) is 3.03. The number of carbonyl (C=O) groups is 1. The first kappa shape index (κ1) is 10.6. The summed E-state index contributed by atoms with van der Waals surface area (Å²) in [5.74, 6) is 0.0926. The molecule has 0 aliphatic rings. The van der Waals surface area contributed by atoms with Crippen molar-refractivity contribution < 1.29 is 4.79 Å². The highest BCUT2D eigenvalue weighted by Gasteiger charge is 2.12. The molecule has 3 heteroatoms. The molecule has 2 rings (SSSR count). The van der Waals surface area contributed by atoms with Gasteiger partial charge < -0.3 is 0 Å². The maximum atomic E-state index is 12.1. The lowest BCUT2D eigenvalue weighted by Gasteiger charge is -2.01. The molecule has 0 fully saturated rings. The number of rotatable bonds is 2. The highest BCUT2D eigenvalue weighted by atomic mass is 79.9. The van der Waals surface area contributed by atoms with Crippen molar-refractivity contribution in [3.8, 4) is 0 Å². The third-order valence-corrected chi connectivity index (χ3v) is 3.72. The largest absolute Gasteiger partial charge is 0.289 e. The molecular formula is C12H9BrOS. The van der Waals surface area contributed by atoms with Crippen LogP contribution >= 0.6 is 27.3 Å². The van der Waals surface area contributed by atoms with Gasteiger partial charge in [-0.2, -0.15) is 0 Å². The number of hydrogen-bond acceptors (Lipinski definition) is 2. The van der Waals surface area contributed by atoms with E-state index in [2.05, 4.69) is 15.9 Å². The number of benzene rings is 1. The van der Waals surface area contributed by atoms with Gasteiger partial charge in [-0.1, -0.05) is 24.3 Å². The summed E-state index contributed by atoms with van der Waals surface area (Å²) < 4.78 is 0.986. The highest BCUT2D eigenvalue weighted by Crippen LogP contribution is 2.23. The first-order chi connectivity index (χ1) is 7.18. The minimum absolute atomic E-state index is 0.0926. The Morgan fingerprint density at radius 1 is 1.33 bits per heavy atom. The average Bonchev–Trinajstić information content (AvgIpc) is 2.65. The van der Waals surface area contributed by atoms with E-state index in [1.165, 1.54) is 11.3 Å². The van der Waals surface area contributed by atoms with Crippen LogP contribution in [0, 0.1) is 6.92 Å². The summed E-state index contributed by atoms with van der Waals surface area (Å²) in [5, 5.41) is 1.87. The number of hydrogen-bond donors (Lipinski definition) is 0. The van der Waals surface area contributed by atoms with Gasteiger partial charge in [-0.15, -0.1) is 11.3 Å². The Bertz CT molecular complexity index is 502. The van der Waals surface area contributed by atoms with Gasteiger partial charge in [0.15, 0.2) is 5.78 Å². The van der Waals surface area contributed by atoms with Crippen LogP contribution in [-0.4, -0.2) is 5.78 Å². The Morgan fingerprint density at radius 3 is 2.67 bits per heavy atom. The summed E-state index contributed by atoms with van der Waals surface area (Å²) in [7, 11) is 0. The maximum Gasteiger partial charge on any atom is 0.194 e. The van der Waals surface area contributed by atoms with Gasteiger partial charge in [0.2, 0.25) is 0 Å². The Labute approximate surface area is 101 Å². The fourth-order valence-corrected chi connectivity index (χ4v) is 2.55. The lowest BCUT2D eigenvalue weighted by molar-refractivity contribution is 0.103. The number of ketones is 1. The summed E-state index contributed by atoms with van der Waals surface area (Å²) in [6.07, 6.45) is 0. The minimum Gasteiger partial charge on any atom is -0.289 e. The van der Waals surface area contributed by atoms with Gasteiger partial charge in [-0.25, -0.2) is 0 Å². The molecule has 0 aliphatic heterocycles. The van der Waals surface area contributed by atoms with E-state index in [1.807, 2.05) is 42.6 Å². The molecule has 1 aromatic carbocycles. The maximum absolute atomic E-state index is 12.1. The van der Waals surface area contributed by atoms with E-state index in [-0.39, 0.29) is 5.78 Å². The molecule has 0 spiro atoms. The van der Waals surface area contributed by atoms with Crippen molar-refractivity contribution >= 4 is 33.0 Å². The van der Waals surface area contributed by atoms with Crippen molar-refractivity contribution in [3.63, 3.8) is 0 Å². The number of carbonyl (C=O) groups excluding carboxylic acids is 1. The zero-order chi connectivity index (χ0) is 10.8. The monoisotopic (exact) mass is 280 g/mol. The smallest absolute Gasteiger partial charge is 0.194 e. The molecule has 0 atom stereocenters. The average molecular weight is 281 g/mol. The summed E-state index contributed by atoms with van der Waals surface area (Å²) in [6.45, 7) is 1.95. The molecule has 2 aromatic rings. The molecule has 0 saturated heterocycles. The van der Waals surface area contributed by atoms with E-state index in [9.17, 15) is 4.79 Å². The van der Waals surface area contributed by atoms with Crippen molar-refractivity contribution in [2.24, 2.45) is 0 Å². The molecule has 76 valence electrons. The van der Waals surface area contributed by atoms with Crippen molar-refractivity contribution in [3.05, 3.63) is 56.2 Å². The predicted octanol–water partition coefficient (Wildman–Crippen LogP) is 4.05. The van der Waals surface area contributed by atoms with Crippen molar-refractivity contribution in [1.82, 2.24) is 0 Å². The molecular weight excluding hydrogens is 272 g/mol. The zero-order valence-corrected chi connectivity index (χ0v) is 10.6. The van der Waals surface area contributed by atoms with Gasteiger partial charge in [-0.3, -0.25) is 4.79 Å². The van der Waals surface area contributed by atoms with Crippen LogP contribution in [0.15, 0.2) is 39.5 Å². The van der Waals surface area contributed by atoms with E-state index >= 15 is 0 Å². The van der Waals surface area contributed by atoms with Crippen LogP contribution in [0.2, 0.25) is 0 Å². The second-order valence-corrected chi connectivity index (χ2v) is 5.57. The van der Waals surface area contributed by atoms with E-state index < -0.39 is 0 Å². The fraction of sp³-hybridized carbons (Fsp3) is 0.0833. The second-order valence-electron chi connectivity index (χ2n) is 3.28. The molecule has 15 heavy (non-hydrogen) atoms. The first-order valence-corrected chi connectivity index (χ1v) is 6.20. The van der Waals surface area contributed by atoms with E-state index in [4.69, 9.17) is 0 Å². The summed E-state index contributed by atoms with van der Waals surface area (Å²) >= 11 is 4.89. The van der Waals surface area contributed by atoms with Gasteiger partial charge in [0.05, 0.1) is 3.79 Å². The predicted molar refractivity (Wildman–Crippen MR) is 66.6 cm³/mol. The number of aryl methyl sites for hydroxylation is 1. The Hall–Kier alpha value is -0.930. The van der Waals surface area contributed by atoms with Crippen molar-refractivity contribution in [2.45, 2.75) is 6.92 Å². The number of thiophene rings is 1. The van der Waals surface area contributed by atoms with Crippen molar-refractivity contribution in [1.29, 1.82) is 0 Å². The Morgan fingerprint density at radius 2 is 2.07 bits per heavy atom. The van der Waals surface area contributed by atoms with Crippen LogP contribution < -0.4 is 0 Å². The van der Waals surface area contributed by atoms with Crippen LogP contribution in [0.5, 0.6) is 0 Å². The highest BCUT2D eigenvalue weighted by molar-refractivity contribution is 9.11. The lowest BCUT2D eigenvalue weighted by atomic mass is 10.0. The molecule has 0 saturated carbocycles. The third kappa shape index (κ3) is 2.19. The molecule has 0 bridgehead atoms.